The van der Waals surface area contributed by atoms with Gasteiger partial charge in [-0.05, 0) is 56.4 Å². The Hall–Kier alpha value is -3.07. The molecule has 1 fully saturated rings. The SMILES string of the molecule is Cc1noc(C)c1-c1cnc2c(-c3ccc(S(C)(=O)=O)cc3)cn(CC3CCC(F)(F)CC3)c2c1. The average molecular weight is 500 g/mol. The van der Waals surface area contributed by atoms with Crippen LogP contribution in [0.5, 0.6) is 0 Å². The molecule has 0 aliphatic heterocycles. The summed E-state index contributed by atoms with van der Waals surface area (Å²) in [4.78, 5) is 5.03. The van der Waals surface area contributed by atoms with Gasteiger partial charge in [-0.2, -0.15) is 0 Å². The summed E-state index contributed by atoms with van der Waals surface area (Å²) >= 11 is 0. The lowest BCUT2D eigenvalue weighted by molar-refractivity contribution is -0.0472. The standard InChI is InChI=1S/C26H27F2N3O3S/c1-16-24(17(2)34-30-16)20-12-23-25(29-13-20)22(19-4-6-21(7-5-19)35(3,32)33)15-31(23)14-18-8-10-26(27,28)11-9-18/h4-7,12-13,15,18H,8-11,14H2,1-3H3. The van der Waals surface area contributed by atoms with Crippen molar-refractivity contribution in [3.63, 3.8) is 0 Å². The Balaban J connectivity index is 1.60. The van der Waals surface area contributed by atoms with Crippen LogP contribution in [0.3, 0.4) is 0 Å². The summed E-state index contributed by atoms with van der Waals surface area (Å²) in [5, 5.41) is 4.05. The highest BCUT2D eigenvalue weighted by molar-refractivity contribution is 7.90. The number of sulfone groups is 1. The third-order valence-electron chi connectivity index (χ3n) is 6.92. The number of nitrogens with zero attached hydrogens (tertiary/aromatic N) is 3. The number of halogens is 2. The normalized spacial score (nSPS) is 16.7. The molecule has 1 aliphatic rings. The van der Waals surface area contributed by atoms with Crippen LogP contribution < -0.4 is 0 Å². The van der Waals surface area contributed by atoms with Gasteiger partial charge in [0.1, 0.15) is 5.76 Å². The number of pyridine rings is 1. The van der Waals surface area contributed by atoms with Gasteiger partial charge in [-0.3, -0.25) is 4.98 Å². The van der Waals surface area contributed by atoms with Crippen molar-refractivity contribution in [1.29, 1.82) is 0 Å². The maximum Gasteiger partial charge on any atom is 0.248 e. The molecule has 0 spiro atoms. The van der Waals surface area contributed by atoms with E-state index in [1.807, 2.05) is 26.1 Å². The van der Waals surface area contributed by atoms with Gasteiger partial charge < -0.3 is 9.09 Å². The zero-order valence-electron chi connectivity index (χ0n) is 19.9. The van der Waals surface area contributed by atoms with Crippen LogP contribution in [0.15, 0.2) is 52.1 Å². The fourth-order valence-corrected chi connectivity index (χ4v) is 5.63. The molecule has 9 heteroatoms. The van der Waals surface area contributed by atoms with E-state index in [2.05, 4.69) is 9.72 Å². The summed E-state index contributed by atoms with van der Waals surface area (Å²) in [6, 6.07) is 8.78. The zero-order chi connectivity index (χ0) is 25.0. The van der Waals surface area contributed by atoms with E-state index in [0.717, 1.165) is 39.0 Å². The van der Waals surface area contributed by atoms with Gasteiger partial charge in [0, 0.05) is 54.7 Å². The number of alkyl halides is 2. The number of fused-ring (bicyclic) bond motifs is 1. The molecule has 3 heterocycles. The van der Waals surface area contributed by atoms with Crippen LogP contribution in [-0.4, -0.2) is 35.3 Å². The molecule has 0 radical (unpaired) electrons. The third-order valence-corrected chi connectivity index (χ3v) is 8.05. The molecule has 0 unspecified atom stereocenters. The largest absolute Gasteiger partial charge is 0.361 e. The molecule has 35 heavy (non-hydrogen) atoms. The predicted octanol–water partition coefficient (Wildman–Crippen LogP) is 6.20. The molecule has 1 aromatic carbocycles. The Morgan fingerprint density at radius 1 is 1.11 bits per heavy atom. The van der Waals surface area contributed by atoms with Gasteiger partial charge in [0.05, 0.1) is 21.6 Å². The fourth-order valence-electron chi connectivity index (χ4n) is 5.00. The quantitative estimate of drug-likeness (QED) is 0.327. The molecular weight excluding hydrogens is 472 g/mol. The van der Waals surface area contributed by atoms with E-state index in [1.54, 1.807) is 30.5 Å². The van der Waals surface area contributed by atoms with Crippen molar-refractivity contribution < 1.29 is 21.7 Å². The molecule has 1 saturated carbocycles. The Bertz CT molecular complexity index is 1480. The minimum atomic E-state index is -3.30. The third kappa shape index (κ3) is 4.61. The highest BCUT2D eigenvalue weighted by atomic mass is 32.2. The van der Waals surface area contributed by atoms with E-state index < -0.39 is 15.8 Å². The van der Waals surface area contributed by atoms with Gasteiger partial charge in [-0.25, -0.2) is 17.2 Å². The van der Waals surface area contributed by atoms with Gasteiger partial charge in [-0.1, -0.05) is 17.3 Å². The predicted molar refractivity (Wildman–Crippen MR) is 130 cm³/mol. The Morgan fingerprint density at radius 3 is 2.40 bits per heavy atom. The lowest BCUT2D eigenvalue weighted by Crippen LogP contribution is -2.26. The molecule has 0 bridgehead atoms. The molecule has 4 aromatic rings. The molecular formula is C26H27F2N3O3S. The van der Waals surface area contributed by atoms with Crippen LogP contribution >= 0.6 is 0 Å². The molecule has 6 nitrogen and oxygen atoms in total. The number of aromatic nitrogens is 3. The van der Waals surface area contributed by atoms with Crippen LogP contribution in [0.25, 0.3) is 33.3 Å². The second-order valence-electron chi connectivity index (χ2n) is 9.58. The maximum absolute atomic E-state index is 13.7. The number of benzene rings is 1. The van der Waals surface area contributed by atoms with Crippen LogP contribution in [0.2, 0.25) is 0 Å². The van der Waals surface area contributed by atoms with Crippen molar-refractivity contribution in [2.24, 2.45) is 5.92 Å². The minimum absolute atomic E-state index is 0.0841. The van der Waals surface area contributed by atoms with E-state index in [4.69, 9.17) is 9.51 Å². The van der Waals surface area contributed by atoms with Crippen molar-refractivity contribution in [3.05, 3.63) is 54.2 Å². The van der Waals surface area contributed by atoms with Crippen LogP contribution in [0.1, 0.15) is 37.1 Å². The number of hydrogen-bond acceptors (Lipinski definition) is 5. The van der Waals surface area contributed by atoms with Crippen molar-refractivity contribution >= 4 is 20.9 Å². The number of rotatable bonds is 5. The van der Waals surface area contributed by atoms with E-state index in [0.29, 0.717) is 25.1 Å². The van der Waals surface area contributed by atoms with Crippen molar-refractivity contribution in [2.75, 3.05) is 6.26 Å². The van der Waals surface area contributed by atoms with Crippen molar-refractivity contribution in [3.8, 4) is 22.3 Å². The summed E-state index contributed by atoms with van der Waals surface area (Å²) in [7, 11) is -3.30. The minimum Gasteiger partial charge on any atom is -0.361 e. The van der Waals surface area contributed by atoms with Crippen molar-refractivity contribution in [2.45, 2.75) is 56.9 Å². The summed E-state index contributed by atoms with van der Waals surface area (Å²) in [6.07, 6.45) is 5.74. The van der Waals surface area contributed by atoms with Gasteiger partial charge in [0.2, 0.25) is 5.92 Å². The first-order valence-corrected chi connectivity index (χ1v) is 13.5. The second kappa shape index (κ2) is 8.55. The van der Waals surface area contributed by atoms with E-state index in [9.17, 15) is 17.2 Å². The number of hydrogen-bond donors (Lipinski definition) is 0. The van der Waals surface area contributed by atoms with Crippen LogP contribution in [0, 0.1) is 19.8 Å². The Labute approximate surface area is 202 Å². The molecule has 184 valence electrons. The van der Waals surface area contributed by atoms with Gasteiger partial charge >= 0.3 is 0 Å². The van der Waals surface area contributed by atoms with E-state index >= 15 is 0 Å². The molecule has 1 aliphatic carbocycles. The second-order valence-corrected chi connectivity index (χ2v) is 11.6. The first-order valence-electron chi connectivity index (χ1n) is 11.6. The summed E-state index contributed by atoms with van der Waals surface area (Å²) in [5.41, 5.74) is 5.91. The summed E-state index contributed by atoms with van der Waals surface area (Å²) in [6.45, 7) is 4.35. The van der Waals surface area contributed by atoms with Gasteiger partial charge in [-0.15, -0.1) is 0 Å². The molecule has 5 rings (SSSR count). The lowest BCUT2D eigenvalue weighted by atomic mass is 9.87. The molecule has 0 saturated heterocycles. The van der Waals surface area contributed by atoms with E-state index in [-0.39, 0.29) is 23.7 Å². The van der Waals surface area contributed by atoms with Gasteiger partial charge in [0.15, 0.2) is 9.84 Å². The average Bonchev–Trinajstić information content (AvgIpc) is 3.33. The first-order chi connectivity index (χ1) is 16.5. The topological polar surface area (TPSA) is 78.0 Å². The van der Waals surface area contributed by atoms with E-state index in [1.165, 1.54) is 6.26 Å². The monoisotopic (exact) mass is 499 g/mol. The summed E-state index contributed by atoms with van der Waals surface area (Å²) in [5.74, 6) is -1.72. The highest BCUT2D eigenvalue weighted by Crippen LogP contribution is 2.39. The smallest absolute Gasteiger partial charge is 0.248 e. The van der Waals surface area contributed by atoms with Crippen LogP contribution in [-0.2, 0) is 16.4 Å². The van der Waals surface area contributed by atoms with Crippen molar-refractivity contribution in [1.82, 2.24) is 14.7 Å². The molecule has 0 N–H and O–H groups in total. The highest BCUT2D eigenvalue weighted by Gasteiger charge is 2.35. The molecule has 0 atom stereocenters. The number of aryl methyl sites for hydroxylation is 2. The fraction of sp³-hybridized carbons (Fsp3) is 0.385. The van der Waals surface area contributed by atoms with Crippen LogP contribution in [0.4, 0.5) is 8.78 Å². The zero-order valence-corrected chi connectivity index (χ0v) is 20.7. The molecule has 3 aromatic heterocycles. The van der Waals surface area contributed by atoms with Gasteiger partial charge in [0.25, 0.3) is 0 Å². The Morgan fingerprint density at radius 2 is 1.80 bits per heavy atom. The lowest BCUT2D eigenvalue weighted by Gasteiger charge is -2.28. The maximum atomic E-state index is 13.7. The molecule has 0 amide bonds. The Kier molecular flexibility index (Phi) is 5.78. The summed E-state index contributed by atoms with van der Waals surface area (Å²) < 4.78 is 58.7. The first kappa shape index (κ1) is 23.7.